The van der Waals surface area contributed by atoms with E-state index in [0.717, 1.165) is 5.92 Å². The van der Waals surface area contributed by atoms with E-state index in [-0.39, 0.29) is 6.04 Å². The van der Waals surface area contributed by atoms with Gasteiger partial charge in [0.2, 0.25) is 0 Å². The number of hydrogen-bond acceptors (Lipinski definition) is 2. The lowest BCUT2D eigenvalue weighted by Crippen LogP contribution is -2.20. The maximum absolute atomic E-state index is 6.24. The summed E-state index contributed by atoms with van der Waals surface area (Å²) in [6.45, 7) is 4.45. The highest BCUT2D eigenvalue weighted by molar-refractivity contribution is 7.10. The van der Waals surface area contributed by atoms with Gasteiger partial charge in [0, 0.05) is 10.9 Å². The first-order valence-electron chi connectivity index (χ1n) is 4.99. The third-order valence-electron chi connectivity index (χ3n) is 3.14. The average molecular weight is 195 g/mol. The number of thiophene rings is 1. The van der Waals surface area contributed by atoms with E-state index < -0.39 is 0 Å². The molecular weight excluding hydrogens is 178 g/mol. The van der Waals surface area contributed by atoms with Gasteiger partial charge in [0.15, 0.2) is 0 Å². The molecule has 1 heterocycles. The summed E-state index contributed by atoms with van der Waals surface area (Å²) in [5.74, 6) is 1.56. The van der Waals surface area contributed by atoms with Gasteiger partial charge in [-0.2, -0.15) is 0 Å². The highest BCUT2D eigenvalue weighted by Gasteiger charge is 2.33. The second-order valence-corrected chi connectivity index (χ2v) is 5.14. The van der Waals surface area contributed by atoms with Crippen LogP contribution in [-0.4, -0.2) is 0 Å². The molecule has 2 unspecified atom stereocenters. The number of hydrogen-bond donors (Lipinski definition) is 1. The zero-order valence-corrected chi connectivity index (χ0v) is 9.10. The molecule has 1 aromatic heterocycles. The maximum atomic E-state index is 6.24. The van der Waals surface area contributed by atoms with Crippen molar-refractivity contribution in [1.82, 2.24) is 0 Å². The van der Waals surface area contributed by atoms with Gasteiger partial charge < -0.3 is 5.73 Å². The Morgan fingerprint density at radius 2 is 2.23 bits per heavy atom. The van der Waals surface area contributed by atoms with Crippen molar-refractivity contribution in [2.24, 2.45) is 17.6 Å². The Balaban J connectivity index is 2.11. The van der Waals surface area contributed by atoms with Crippen LogP contribution in [0.3, 0.4) is 0 Å². The minimum Gasteiger partial charge on any atom is -0.323 e. The van der Waals surface area contributed by atoms with Crippen LogP contribution < -0.4 is 5.73 Å². The third-order valence-corrected chi connectivity index (χ3v) is 4.26. The Morgan fingerprint density at radius 3 is 2.69 bits per heavy atom. The molecule has 0 radical (unpaired) electrons. The molecule has 0 aromatic carbocycles. The van der Waals surface area contributed by atoms with Crippen LogP contribution in [0.25, 0.3) is 0 Å². The second kappa shape index (κ2) is 3.43. The molecule has 0 saturated heterocycles. The normalized spacial score (nSPS) is 21.5. The van der Waals surface area contributed by atoms with Gasteiger partial charge in [-0.1, -0.05) is 6.92 Å². The van der Waals surface area contributed by atoms with Crippen molar-refractivity contribution in [3.05, 3.63) is 21.9 Å². The van der Waals surface area contributed by atoms with E-state index in [0.29, 0.717) is 5.92 Å². The summed E-state index contributed by atoms with van der Waals surface area (Å²) < 4.78 is 0. The molecule has 1 aliphatic rings. The summed E-state index contributed by atoms with van der Waals surface area (Å²) in [4.78, 5) is 1.39. The van der Waals surface area contributed by atoms with E-state index in [1.165, 1.54) is 23.3 Å². The van der Waals surface area contributed by atoms with Crippen LogP contribution in [0, 0.1) is 18.8 Å². The topological polar surface area (TPSA) is 26.0 Å². The van der Waals surface area contributed by atoms with Crippen molar-refractivity contribution >= 4 is 11.3 Å². The molecule has 72 valence electrons. The SMILES string of the molecule is Cc1ccsc1C(N)C(C)C1CC1. The fraction of sp³-hybridized carbons (Fsp3) is 0.636. The fourth-order valence-corrected chi connectivity index (χ4v) is 2.92. The molecule has 2 N–H and O–H groups in total. The summed E-state index contributed by atoms with van der Waals surface area (Å²) in [6, 6.07) is 2.44. The van der Waals surface area contributed by atoms with Crippen LogP contribution in [0.5, 0.6) is 0 Å². The second-order valence-electron chi connectivity index (χ2n) is 4.19. The van der Waals surface area contributed by atoms with Crippen molar-refractivity contribution in [1.29, 1.82) is 0 Å². The molecule has 2 heteroatoms. The summed E-state index contributed by atoms with van der Waals surface area (Å²) in [7, 11) is 0. The van der Waals surface area contributed by atoms with Gasteiger partial charge >= 0.3 is 0 Å². The largest absolute Gasteiger partial charge is 0.323 e. The molecule has 2 rings (SSSR count). The van der Waals surface area contributed by atoms with Crippen molar-refractivity contribution in [2.75, 3.05) is 0 Å². The van der Waals surface area contributed by atoms with Crippen LogP contribution in [0.1, 0.15) is 36.2 Å². The zero-order chi connectivity index (χ0) is 9.42. The molecule has 1 fully saturated rings. The smallest absolute Gasteiger partial charge is 0.0421 e. The lowest BCUT2D eigenvalue weighted by atomic mass is 9.95. The van der Waals surface area contributed by atoms with Gasteiger partial charge in [-0.15, -0.1) is 11.3 Å². The lowest BCUT2D eigenvalue weighted by molar-refractivity contribution is 0.421. The molecule has 0 bridgehead atoms. The molecule has 1 nitrogen and oxygen atoms in total. The van der Waals surface area contributed by atoms with Crippen LogP contribution >= 0.6 is 11.3 Å². The summed E-state index contributed by atoms with van der Waals surface area (Å²) >= 11 is 1.81. The lowest BCUT2D eigenvalue weighted by Gasteiger charge is -2.18. The van der Waals surface area contributed by atoms with Gasteiger partial charge in [0.05, 0.1) is 0 Å². The van der Waals surface area contributed by atoms with E-state index in [2.05, 4.69) is 25.3 Å². The Hall–Kier alpha value is -0.340. The summed E-state index contributed by atoms with van der Waals surface area (Å²) in [5.41, 5.74) is 7.60. The minimum atomic E-state index is 0.271. The van der Waals surface area contributed by atoms with Crippen LogP contribution in [0.15, 0.2) is 11.4 Å². The van der Waals surface area contributed by atoms with E-state index in [9.17, 15) is 0 Å². The zero-order valence-electron chi connectivity index (χ0n) is 8.29. The Morgan fingerprint density at radius 1 is 1.54 bits per heavy atom. The Labute approximate surface area is 84.0 Å². The van der Waals surface area contributed by atoms with Crippen molar-refractivity contribution < 1.29 is 0 Å². The average Bonchev–Trinajstić information content (AvgIpc) is 2.87. The first kappa shape index (κ1) is 9.22. The molecule has 2 atom stereocenters. The maximum Gasteiger partial charge on any atom is 0.0421 e. The van der Waals surface area contributed by atoms with E-state index >= 15 is 0 Å². The summed E-state index contributed by atoms with van der Waals surface area (Å²) in [6.07, 6.45) is 2.78. The fourth-order valence-electron chi connectivity index (χ4n) is 1.88. The monoisotopic (exact) mass is 195 g/mol. The molecule has 1 saturated carbocycles. The number of nitrogens with two attached hydrogens (primary N) is 1. The molecule has 0 amide bonds. The van der Waals surface area contributed by atoms with E-state index in [1.54, 1.807) is 11.3 Å². The number of aryl methyl sites for hydroxylation is 1. The van der Waals surface area contributed by atoms with Gasteiger partial charge in [0.1, 0.15) is 0 Å². The number of rotatable bonds is 3. The van der Waals surface area contributed by atoms with Crippen LogP contribution in [0.2, 0.25) is 0 Å². The predicted molar refractivity (Wildman–Crippen MR) is 57.9 cm³/mol. The molecule has 13 heavy (non-hydrogen) atoms. The molecule has 0 aliphatic heterocycles. The molecule has 0 spiro atoms. The van der Waals surface area contributed by atoms with Gasteiger partial charge in [0.25, 0.3) is 0 Å². The van der Waals surface area contributed by atoms with E-state index in [1.807, 2.05) is 0 Å². The molecule has 1 aliphatic carbocycles. The summed E-state index contributed by atoms with van der Waals surface area (Å²) in [5, 5.41) is 2.14. The van der Waals surface area contributed by atoms with Gasteiger partial charge in [-0.3, -0.25) is 0 Å². The highest BCUT2D eigenvalue weighted by Crippen LogP contribution is 2.43. The Bertz CT molecular complexity index is 288. The highest BCUT2D eigenvalue weighted by atomic mass is 32.1. The minimum absolute atomic E-state index is 0.271. The molecule has 1 aromatic rings. The van der Waals surface area contributed by atoms with Crippen molar-refractivity contribution in [3.63, 3.8) is 0 Å². The molecular formula is C11H17NS. The standard InChI is InChI=1S/C11H17NS/c1-7-5-6-13-11(7)10(12)8(2)9-3-4-9/h5-6,8-10H,3-4,12H2,1-2H3. The van der Waals surface area contributed by atoms with E-state index in [4.69, 9.17) is 5.73 Å². The third kappa shape index (κ3) is 1.79. The van der Waals surface area contributed by atoms with Crippen LogP contribution in [-0.2, 0) is 0 Å². The van der Waals surface area contributed by atoms with Gasteiger partial charge in [-0.05, 0) is 48.6 Å². The quantitative estimate of drug-likeness (QED) is 0.788. The van der Waals surface area contributed by atoms with Crippen LogP contribution in [0.4, 0.5) is 0 Å². The Kier molecular flexibility index (Phi) is 2.43. The van der Waals surface area contributed by atoms with Crippen molar-refractivity contribution in [2.45, 2.75) is 32.7 Å². The van der Waals surface area contributed by atoms with Crippen molar-refractivity contribution in [3.8, 4) is 0 Å². The van der Waals surface area contributed by atoms with Gasteiger partial charge in [-0.25, -0.2) is 0 Å². The predicted octanol–water partition coefficient (Wildman–Crippen LogP) is 3.10. The first-order chi connectivity index (χ1) is 6.20. The first-order valence-corrected chi connectivity index (χ1v) is 5.87.